The van der Waals surface area contributed by atoms with Crippen LogP contribution in [0.15, 0.2) is 45.2 Å². The van der Waals surface area contributed by atoms with Crippen molar-refractivity contribution in [2.75, 3.05) is 6.54 Å². The summed E-state index contributed by atoms with van der Waals surface area (Å²) >= 11 is 0. The topological polar surface area (TPSA) is 38.3 Å². The SMILES string of the molecule is CCNC(c1ccc(CC)o1)c1cc2cc(F)ccc2o1. The summed E-state index contributed by atoms with van der Waals surface area (Å²) in [4.78, 5) is 0. The number of benzene rings is 1. The van der Waals surface area contributed by atoms with Gasteiger partial charge in [-0.05, 0) is 42.9 Å². The molecular weight excluding hydrogens is 269 g/mol. The maximum absolute atomic E-state index is 13.3. The maximum Gasteiger partial charge on any atom is 0.134 e. The molecule has 1 atom stereocenters. The molecule has 4 heteroatoms. The van der Waals surface area contributed by atoms with Gasteiger partial charge in [-0.2, -0.15) is 0 Å². The van der Waals surface area contributed by atoms with Crippen LogP contribution < -0.4 is 5.32 Å². The largest absolute Gasteiger partial charge is 0.464 e. The Morgan fingerprint density at radius 1 is 1.05 bits per heavy atom. The molecule has 0 fully saturated rings. The van der Waals surface area contributed by atoms with E-state index in [9.17, 15) is 4.39 Å². The second kappa shape index (κ2) is 5.74. The summed E-state index contributed by atoms with van der Waals surface area (Å²) in [6, 6.07) is 10.2. The van der Waals surface area contributed by atoms with Crippen LogP contribution in [0.3, 0.4) is 0 Å². The molecule has 0 bridgehead atoms. The molecule has 1 aromatic carbocycles. The van der Waals surface area contributed by atoms with E-state index in [0.29, 0.717) is 5.58 Å². The van der Waals surface area contributed by atoms with Crippen LogP contribution in [0.5, 0.6) is 0 Å². The molecule has 0 saturated carbocycles. The third-order valence-electron chi connectivity index (χ3n) is 3.51. The minimum absolute atomic E-state index is 0.161. The zero-order valence-electron chi connectivity index (χ0n) is 12.2. The molecule has 1 N–H and O–H groups in total. The van der Waals surface area contributed by atoms with Crippen molar-refractivity contribution in [1.29, 1.82) is 0 Å². The summed E-state index contributed by atoms with van der Waals surface area (Å²) in [5, 5.41) is 4.11. The highest BCUT2D eigenvalue weighted by molar-refractivity contribution is 5.78. The van der Waals surface area contributed by atoms with E-state index in [1.54, 1.807) is 6.07 Å². The number of nitrogens with one attached hydrogen (secondary N) is 1. The third-order valence-corrected chi connectivity index (χ3v) is 3.51. The van der Waals surface area contributed by atoms with Gasteiger partial charge in [0.2, 0.25) is 0 Å². The van der Waals surface area contributed by atoms with Crippen LogP contribution >= 0.6 is 0 Å². The Morgan fingerprint density at radius 2 is 1.90 bits per heavy atom. The Morgan fingerprint density at radius 3 is 2.62 bits per heavy atom. The second-order valence-corrected chi connectivity index (χ2v) is 4.98. The molecule has 3 rings (SSSR count). The molecule has 0 aliphatic carbocycles. The molecule has 0 radical (unpaired) electrons. The standard InChI is InChI=1S/C17H18FNO2/c1-3-13-6-8-15(20-13)17(19-4-2)16-10-11-9-12(18)5-7-14(11)21-16/h5-10,17,19H,3-4H2,1-2H3. The van der Waals surface area contributed by atoms with E-state index < -0.39 is 0 Å². The van der Waals surface area contributed by atoms with Crippen LogP contribution in [0.2, 0.25) is 0 Å². The van der Waals surface area contributed by atoms with Gasteiger partial charge in [0.15, 0.2) is 0 Å². The number of hydrogen-bond acceptors (Lipinski definition) is 3. The minimum atomic E-state index is -0.263. The van der Waals surface area contributed by atoms with E-state index in [1.165, 1.54) is 12.1 Å². The smallest absolute Gasteiger partial charge is 0.134 e. The molecule has 2 heterocycles. The number of furan rings is 2. The molecule has 1 unspecified atom stereocenters. The van der Waals surface area contributed by atoms with Crippen molar-refractivity contribution < 1.29 is 13.2 Å². The Kier molecular flexibility index (Phi) is 3.80. The monoisotopic (exact) mass is 287 g/mol. The molecule has 110 valence electrons. The molecule has 3 nitrogen and oxygen atoms in total. The first-order chi connectivity index (χ1) is 10.2. The third kappa shape index (κ3) is 2.72. The highest BCUT2D eigenvalue weighted by Crippen LogP contribution is 2.29. The molecular formula is C17H18FNO2. The molecule has 0 amide bonds. The summed E-state index contributed by atoms with van der Waals surface area (Å²) in [5.41, 5.74) is 0.677. The number of hydrogen-bond donors (Lipinski definition) is 1. The molecule has 0 aliphatic rings. The van der Waals surface area contributed by atoms with Gasteiger partial charge >= 0.3 is 0 Å². The fraction of sp³-hybridized carbons (Fsp3) is 0.294. The average molecular weight is 287 g/mol. The first kappa shape index (κ1) is 13.9. The van der Waals surface area contributed by atoms with Crippen molar-refractivity contribution in [3.05, 3.63) is 59.5 Å². The van der Waals surface area contributed by atoms with Crippen molar-refractivity contribution in [1.82, 2.24) is 5.32 Å². The Hall–Kier alpha value is -2.07. The van der Waals surface area contributed by atoms with Crippen molar-refractivity contribution in [2.24, 2.45) is 0 Å². The lowest BCUT2D eigenvalue weighted by molar-refractivity contribution is 0.389. The lowest BCUT2D eigenvalue weighted by Gasteiger charge is -2.12. The van der Waals surface area contributed by atoms with Gasteiger partial charge in [-0.25, -0.2) is 4.39 Å². The van der Waals surface area contributed by atoms with E-state index in [-0.39, 0.29) is 11.9 Å². The fourth-order valence-corrected chi connectivity index (χ4v) is 2.46. The number of rotatable bonds is 5. The zero-order valence-corrected chi connectivity index (χ0v) is 12.2. The summed E-state index contributed by atoms with van der Waals surface area (Å²) in [6.45, 7) is 4.85. The molecule has 0 aliphatic heterocycles. The summed E-state index contributed by atoms with van der Waals surface area (Å²) in [7, 11) is 0. The summed E-state index contributed by atoms with van der Waals surface area (Å²) in [5.74, 6) is 2.22. The van der Waals surface area contributed by atoms with Gasteiger partial charge in [-0.1, -0.05) is 13.8 Å². The average Bonchev–Trinajstić information content (AvgIpc) is 3.10. The first-order valence-electron chi connectivity index (χ1n) is 7.22. The quantitative estimate of drug-likeness (QED) is 0.754. The molecule has 0 saturated heterocycles. The Balaban J connectivity index is 2.01. The predicted molar refractivity (Wildman–Crippen MR) is 79.8 cm³/mol. The first-order valence-corrected chi connectivity index (χ1v) is 7.22. The highest BCUT2D eigenvalue weighted by Gasteiger charge is 2.21. The second-order valence-electron chi connectivity index (χ2n) is 4.98. The van der Waals surface area contributed by atoms with Gasteiger partial charge in [-0.3, -0.25) is 0 Å². The molecule has 21 heavy (non-hydrogen) atoms. The fourth-order valence-electron chi connectivity index (χ4n) is 2.46. The molecule has 3 aromatic rings. The minimum Gasteiger partial charge on any atom is -0.464 e. The van der Waals surface area contributed by atoms with E-state index >= 15 is 0 Å². The van der Waals surface area contributed by atoms with Crippen molar-refractivity contribution >= 4 is 11.0 Å². The Labute approximate surface area is 122 Å². The number of halogens is 1. The molecule has 2 aromatic heterocycles. The Bertz CT molecular complexity index is 744. The van der Waals surface area contributed by atoms with Crippen molar-refractivity contribution in [3.8, 4) is 0 Å². The van der Waals surface area contributed by atoms with E-state index in [4.69, 9.17) is 8.83 Å². The van der Waals surface area contributed by atoms with Crippen molar-refractivity contribution in [2.45, 2.75) is 26.3 Å². The highest BCUT2D eigenvalue weighted by atomic mass is 19.1. The van der Waals surface area contributed by atoms with Gasteiger partial charge in [0.25, 0.3) is 0 Å². The van der Waals surface area contributed by atoms with Crippen LogP contribution in [0.25, 0.3) is 11.0 Å². The normalized spacial score (nSPS) is 12.9. The van der Waals surface area contributed by atoms with Crippen LogP contribution in [-0.2, 0) is 6.42 Å². The van der Waals surface area contributed by atoms with Crippen LogP contribution in [0.4, 0.5) is 4.39 Å². The van der Waals surface area contributed by atoms with Crippen molar-refractivity contribution in [3.63, 3.8) is 0 Å². The maximum atomic E-state index is 13.3. The van der Waals surface area contributed by atoms with Crippen LogP contribution in [-0.4, -0.2) is 6.54 Å². The lowest BCUT2D eigenvalue weighted by atomic mass is 10.1. The van der Waals surface area contributed by atoms with Gasteiger partial charge < -0.3 is 14.2 Å². The number of fused-ring (bicyclic) bond motifs is 1. The lowest BCUT2D eigenvalue weighted by Crippen LogP contribution is -2.20. The van der Waals surface area contributed by atoms with Crippen LogP contribution in [0, 0.1) is 5.82 Å². The van der Waals surface area contributed by atoms with E-state index in [0.717, 1.165) is 35.6 Å². The van der Waals surface area contributed by atoms with Gasteiger partial charge in [0.05, 0.1) is 0 Å². The van der Waals surface area contributed by atoms with Gasteiger partial charge in [0, 0.05) is 11.8 Å². The number of aryl methyl sites for hydroxylation is 1. The summed E-state index contributed by atoms with van der Waals surface area (Å²) < 4.78 is 25.0. The predicted octanol–water partition coefficient (Wildman–Crippen LogP) is 4.43. The van der Waals surface area contributed by atoms with E-state index in [2.05, 4.69) is 12.2 Å². The molecule has 0 spiro atoms. The zero-order chi connectivity index (χ0) is 14.8. The van der Waals surface area contributed by atoms with Gasteiger partial charge in [0.1, 0.15) is 34.7 Å². The van der Waals surface area contributed by atoms with E-state index in [1.807, 2.05) is 25.1 Å². The van der Waals surface area contributed by atoms with Gasteiger partial charge in [-0.15, -0.1) is 0 Å². The van der Waals surface area contributed by atoms with Crippen LogP contribution in [0.1, 0.15) is 37.2 Å². The summed E-state index contributed by atoms with van der Waals surface area (Å²) in [6.07, 6.45) is 0.851.